The lowest BCUT2D eigenvalue weighted by Crippen LogP contribution is -2.23. The molecular formula is C12H17N5O3S. The number of anilines is 1. The van der Waals surface area contributed by atoms with Crippen LogP contribution in [0.5, 0.6) is 0 Å². The van der Waals surface area contributed by atoms with Crippen LogP contribution in [0.25, 0.3) is 0 Å². The van der Waals surface area contributed by atoms with E-state index in [1.807, 2.05) is 6.92 Å². The maximum absolute atomic E-state index is 12.1. The van der Waals surface area contributed by atoms with E-state index in [-0.39, 0.29) is 11.4 Å². The molecule has 0 bridgehead atoms. The van der Waals surface area contributed by atoms with Crippen LogP contribution < -0.4 is 10.0 Å². The molecule has 2 heterocycles. The molecule has 0 saturated heterocycles. The van der Waals surface area contributed by atoms with Gasteiger partial charge in [-0.1, -0.05) is 6.92 Å². The van der Waals surface area contributed by atoms with E-state index >= 15 is 0 Å². The lowest BCUT2D eigenvalue weighted by atomic mass is 10.5. The summed E-state index contributed by atoms with van der Waals surface area (Å²) in [6, 6.07) is 0. The van der Waals surface area contributed by atoms with Crippen molar-refractivity contribution in [1.29, 1.82) is 0 Å². The summed E-state index contributed by atoms with van der Waals surface area (Å²) in [6.07, 6.45) is 4.98. The van der Waals surface area contributed by atoms with Gasteiger partial charge in [-0.15, -0.1) is 0 Å². The van der Waals surface area contributed by atoms with Gasteiger partial charge in [0.1, 0.15) is 10.7 Å². The van der Waals surface area contributed by atoms with Crippen molar-refractivity contribution >= 4 is 16.0 Å². The number of nitrogens with one attached hydrogen (secondary N) is 2. The second-order valence-electron chi connectivity index (χ2n) is 4.36. The summed E-state index contributed by atoms with van der Waals surface area (Å²) in [7, 11) is -3.69. The average Bonchev–Trinajstić information content (AvgIpc) is 2.89. The largest absolute Gasteiger partial charge is 0.445 e. The Morgan fingerprint density at radius 1 is 1.19 bits per heavy atom. The summed E-state index contributed by atoms with van der Waals surface area (Å²) >= 11 is 0. The van der Waals surface area contributed by atoms with Gasteiger partial charge in [0.25, 0.3) is 0 Å². The van der Waals surface area contributed by atoms with E-state index in [1.54, 1.807) is 6.92 Å². The number of sulfonamides is 1. The summed E-state index contributed by atoms with van der Waals surface area (Å²) < 4.78 is 31.7. The van der Waals surface area contributed by atoms with E-state index in [0.717, 1.165) is 13.0 Å². The van der Waals surface area contributed by atoms with Crippen LogP contribution in [-0.2, 0) is 16.6 Å². The van der Waals surface area contributed by atoms with Gasteiger partial charge in [0, 0.05) is 6.54 Å². The van der Waals surface area contributed by atoms with Gasteiger partial charge in [-0.25, -0.2) is 28.1 Å². The fourth-order valence-corrected chi connectivity index (χ4v) is 2.37. The van der Waals surface area contributed by atoms with Crippen molar-refractivity contribution in [3.05, 3.63) is 30.2 Å². The Bertz CT molecular complexity index is 681. The molecule has 2 aromatic heterocycles. The molecule has 9 heteroatoms. The number of nitrogens with zero attached hydrogens (tertiary/aromatic N) is 3. The maximum atomic E-state index is 12.1. The molecule has 0 saturated carbocycles. The van der Waals surface area contributed by atoms with E-state index in [2.05, 4.69) is 25.0 Å². The van der Waals surface area contributed by atoms with Crippen molar-refractivity contribution in [2.24, 2.45) is 0 Å². The van der Waals surface area contributed by atoms with Crippen molar-refractivity contribution in [1.82, 2.24) is 19.7 Å². The number of hydrogen-bond acceptors (Lipinski definition) is 7. The highest BCUT2D eigenvalue weighted by Gasteiger charge is 2.16. The molecule has 0 aliphatic carbocycles. The minimum absolute atomic E-state index is 0.00664. The number of hydrogen-bond donors (Lipinski definition) is 2. The highest BCUT2D eigenvalue weighted by atomic mass is 32.2. The van der Waals surface area contributed by atoms with Crippen molar-refractivity contribution in [2.45, 2.75) is 31.7 Å². The fraction of sp³-hybridized carbons (Fsp3) is 0.417. The molecule has 2 rings (SSSR count). The smallest absolute Gasteiger partial charge is 0.244 e. The predicted molar refractivity (Wildman–Crippen MR) is 76.1 cm³/mol. The molecule has 2 aromatic rings. The monoisotopic (exact) mass is 311 g/mol. The normalized spacial score (nSPS) is 11.5. The van der Waals surface area contributed by atoms with E-state index in [4.69, 9.17) is 4.42 Å². The van der Waals surface area contributed by atoms with Gasteiger partial charge in [-0.05, 0) is 13.3 Å². The third-order valence-electron chi connectivity index (χ3n) is 2.55. The summed E-state index contributed by atoms with van der Waals surface area (Å²) in [5.74, 6) is 1.33. The number of aromatic nitrogens is 3. The van der Waals surface area contributed by atoms with Crippen LogP contribution >= 0.6 is 0 Å². The third-order valence-corrected chi connectivity index (χ3v) is 3.91. The Kier molecular flexibility index (Phi) is 4.86. The molecule has 0 atom stereocenters. The van der Waals surface area contributed by atoms with Gasteiger partial charge >= 0.3 is 0 Å². The Morgan fingerprint density at radius 2 is 1.90 bits per heavy atom. The van der Waals surface area contributed by atoms with Crippen LogP contribution in [0, 0.1) is 6.92 Å². The van der Waals surface area contributed by atoms with Crippen molar-refractivity contribution < 1.29 is 12.8 Å². The summed E-state index contributed by atoms with van der Waals surface area (Å²) in [6.45, 7) is 4.46. The summed E-state index contributed by atoms with van der Waals surface area (Å²) in [4.78, 5) is 11.8. The van der Waals surface area contributed by atoms with Crippen LogP contribution in [0.4, 0.5) is 5.95 Å². The molecule has 0 aliphatic heterocycles. The maximum Gasteiger partial charge on any atom is 0.244 e. The van der Waals surface area contributed by atoms with Crippen molar-refractivity contribution in [2.75, 3.05) is 11.9 Å². The van der Waals surface area contributed by atoms with Gasteiger partial charge in [0.2, 0.25) is 21.9 Å². The minimum Gasteiger partial charge on any atom is -0.445 e. The second-order valence-corrected chi connectivity index (χ2v) is 6.13. The van der Waals surface area contributed by atoms with Gasteiger partial charge in [0.15, 0.2) is 0 Å². The zero-order valence-corrected chi connectivity index (χ0v) is 12.6. The molecule has 0 fully saturated rings. The molecule has 8 nitrogen and oxygen atoms in total. The second kappa shape index (κ2) is 6.64. The topological polar surface area (TPSA) is 110 Å². The molecule has 2 N–H and O–H groups in total. The van der Waals surface area contributed by atoms with E-state index in [9.17, 15) is 8.42 Å². The molecule has 0 amide bonds. The molecule has 0 aromatic carbocycles. The van der Waals surface area contributed by atoms with Crippen LogP contribution in [0.2, 0.25) is 0 Å². The number of rotatable bonds is 7. The highest BCUT2D eigenvalue weighted by Crippen LogP contribution is 2.09. The lowest BCUT2D eigenvalue weighted by molar-refractivity contribution is 0.463. The van der Waals surface area contributed by atoms with Crippen molar-refractivity contribution in [3.63, 3.8) is 0 Å². The molecule has 0 unspecified atom stereocenters. The summed E-state index contributed by atoms with van der Waals surface area (Å²) in [5, 5.41) is 2.97. The molecule has 0 spiro atoms. The van der Waals surface area contributed by atoms with E-state index < -0.39 is 10.0 Å². The molecule has 0 radical (unpaired) electrons. The van der Waals surface area contributed by atoms with Crippen LogP contribution in [0.15, 0.2) is 27.9 Å². The molecule has 21 heavy (non-hydrogen) atoms. The van der Waals surface area contributed by atoms with Crippen molar-refractivity contribution in [3.8, 4) is 0 Å². The Labute approximate surface area is 123 Å². The average molecular weight is 311 g/mol. The zero-order valence-electron chi connectivity index (χ0n) is 11.8. The standard InChI is InChI=1S/C12H17N5O3S/c1-3-4-13-12-15-6-10(7-16-12)21(18,19)17-8-11-14-5-9(2)20-11/h5-7,17H,3-4,8H2,1-2H3,(H,13,15,16). The number of oxazole rings is 1. The lowest BCUT2D eigenvalue weighted by Gasteiger charge is -2.06. The van der Waals surface area contributed by atoms with E-state index in [0.29, 0.717) is 17.6 Å². The SMILES string of the molecule is CCCNc1ncc(S(=O)(=O)NCc2ncc(C)o2)cn1. The molecule has 0 aliphatic rings. The first-order valence-electron chi connectivity index (χ1n) is 6.48. The predicted octanol–water partition coefficient (Wildman–Crippen LogP) is 1.07. The zero-order chi connectivity index (χ0) is 15.3. The highest BCUT2D eigenvalue weighted by molar-refractivity contribution is 7.89. The number of aryl methyl sites for hydroxylation is 1. The Balaban J connectivity index is 2.01. The van der Waals surface area contributed by atoms with Crippen LogP contribution in [0.1, 0.15) is 25.0 Å². The van der Waals surface area contributed by atoms with Crippen LogP contribution in [-0.4, -0.2) is 29.9 Å². The first-order chi connectivity index (χ1) is 10.0. The Morgan fingerprint density at radius 3 is 2.48 bits per heavy atom. The quantitative estimate of drug-likeness (QED) is 0.787. The third kappa shape index (κ3) is 4.23. The molecule has 114 valence electrons. The first kappa shape index (κ1) is 15.4. The fourth-order valence-electron chi connectivity index (χ4n) is 1.51. The van der Waals surface area contributed by atoms with Gasteiger partial charge in [-0.2, -0.15) is 0 Å². The minimum atomic E-state index is -3.69. The molecular weight excluding hydrogens is 294 g/mol. The summed E-state index contributed by atoms with van der Waals surface area (Å²) in [5.41, 5.74) is 0. The first-order valence-corrected chi connectivity index (χ1v) is 7.96. The van der Waals surface area contributed by atoms with Gasteiger partial charge in [0.05, 0.1) is 25.1 Å². The Hall–Kier alpha value is -2.00. The van der Waals surface area contributed by atoms with Crippen LogP contribution in [0.3, 0.4) is 0 Å². The van der Waals surface area contributed by atoms with Gasteiger partial charge < -0.3 is 9.73 Å². The van der Waals surface area contributed by atoms with E-state index in [1.165, 1.54) is 18.6 Å². The van der Waals surface area contributed by atoms with Gasteiger partial charge in [-0.3, -0.25) is 0 Å².